The van der Waals surface area contributed by atoms with E-state index in [0.717, 1.165) is 0 Å². The number of amidine groups is 1. The molecule has 9 rings (SSSR count). The van der Waals surface area contributed by atoms with Crippen LogP contribution in [0.25, 0.3) is 0 Å². The molecule has 0 unspecified atom stereocenters. The van der Waals surface area contributed by atoms with Gasteiger partial charge in [0.1, 0.15) is 37.9 Å². The summed E-state index contributed by atoms with van der Waals surface area (Å²) in [6.45, 7) is -1.63. The molecular weight excluding hydrogens is 835 g/mol. The van der Waals surface area contributed by atoms with Crippen LogP contribution >= 0.6 is 0 Å². The molecular formula is C45H43N5O14. The Labute approximate surface area is 364 Å². The van der Waals surface area contributed by atoms with E-state index in [1.807, 2.05) is 0 Å². The zero-order chi connectivity index (χ0) is 45.0. The van der Waals surface area contributed by atoms with Crippen LogP contribution in [0.2, 0.25) is 0 Å². The van der Waals surface area contributed by atoms with Gasteiger partial charge in [0.25, 0.3) is 0 Å². The summed E-state index contributed by atoms with van der Waals surface area (Å²) in [5, 5.41) is 67.4. The lowest BCUT2D eigenvalue weighted by atomic mass is 9.74. The van der Waals surface area contributed by atoms with E-state index in [1.165, 1.54) is 24.3 Å². The fourth-order valence-electron chi connectivity index (χ4n) is 9.08. The molecule has 0 aromatic heterocycles. The Hall–Kier alpha value is -6.21. The molecule has 1 aliphatic carbocycles. The molecule has 5 aliphatic heterocycles. The first-order chi connectivity index (χ1) is 30.8. The Morgan fingerprint density at radius 1 is 1.00 bits per heavy atom. The topological polar surface area (TPSA) is 293 Å². The summed E-state index contributed by atoms with van der Waals surface area (Å²) in [7, 11) is 0. The predicted octanol–water partition coefficient (Wildman–Crippen LogP) is -0.362. The third-order valence-corrected chi connectivity index (χ3v) is 12.3. The smallest absolute Gasteiger partial charge is 0.302 e. The van der Waals surface area contributed by atoms with Crippen LogP contribution in [0, 0.1) is 17.8 Å². The van der Waals surface area contributed by atoms with Gasteiger partial charge in [0.15, 0.2) is 40.2 Å². The quantitative estimate of drug-likeness (QED) is 0.0879. The number of aliphatic hydroxyl groups excluding tert-OH is 5. The van der Waals surface area contributed by atoms with Crippen LogP contribution in [0.5, 0.6) is 11.5 Å². The van der Waals surface area contributed by atoms with E-state index in [4.69, 9.17) is 24.7 Å². The van der Waals surface area contributed by atoms with E-state index in [0.29, 0.717) is 23.1 Å². The van der Waals surface area contributed by atoms with Crippen molar-refractivity contribution in [3.05, 3.63) is 87.5 Å². The highest BCUT2D eigenvalue weighted by Crippen LogP contribution is 2.52. The largest absolute Gasteiger partial charge is 0.486 e. The zero-order valence-electron chi connectivity index (χ0n) is 34.0. The Bertz CT molecular complexity index is 2620. The number of aliphatic imine (C=N–C) groups is 3. The van der Waals surface area contributed by atoms with Crippen LogP contribution in [-0.2, 0) is 25.7 Å². The van der Waals surface area contributed by atoms with Crippen molar-refractivity contribution in [3.63, 3.8) is 0 Å². The molecule has 19 heteroatoms. The molecule has 19 nitrogen and oxygen atoms in total. The molecule has 5 heterocycles. The number of aliphatic hydroxyl groups is 6. The van der Waals surface area contributed by atoms with E-state index in [9.17, 15) is 49.8 Å². The van der Waals surface area contributed by atoms with E-state index in [-0.39, 0.29) is 102 Å². The lowest BCUT2D eigenvalue weighted by Gasteiger charge is -2.45. The number of ether oxygens (including phenoxy) is 4. The van der Waals surface area contributed by atoms with Gasteiger partial charge in [-0.25, -0.2) is 0 Å². The van der Waals surface area contributed by atoms with Crippen molar-refractivity contribution >= 4 is 47.0 Å². The highest BCUT2D eigenvalue weighted by atomic mass is 16.7. The minimum atomic E-state index is -2.43. The molecule has 1 amide bonds. The van der Waals surface area contributed by atoms with Gasteiger partial charge in [0.2, 0.25) is 12.2 Å². The van der Waals surface area contributed by atoms with Crippen molar-refractivity contribution in [2.24, 2.45) is 26.6 Å². The lowest BCUT2D eigenvalue weighted by molar-refractivity contribution is -0.299. The second-order valence-electron chi connectivity index (χ2n) is 16.3. The Morgan fingerprint density at radius 2 is 1.81 bits per heavy atom. The number of aldehydes is 1. The number of benzene rings is 3. The summed E-state index contributed by atoms with van der Waals surface area (Å²) < 4.78 is 25.5. The van der Waals surface area contributed by atoms with Crippen LogP contribution in [0.1, 0.15) is 80.1 Å². The molecule has 0 saturated carbocycles. The molecule has 6 aliphatic rings. The lowest BCUT2D eigenvalue weighted by Crippen LogP contribution is -2.67. The van der Waals surface area contributed by atoms with Gasteiger partial charge in [-0.1, -0.05) is 36.1 Å². The molecule has 332 valence electrons. The SMILES string of the molecule is NC1=NC(=O)C2=NCN(c3ccccc3[C@H]3c4cc5c(c(OC[C@H](O)CC=O)c4O[C@H]4O[C@H]6COC[C@@H]3CC[C@@H](O)CC#C[C@@]6(O)[C@@H](O)[C@@H]4O)C(=O)c3cc(CO)ccc3C5=O)C2=N1. The second-order valence-corrected chi connectivity index (χ2v) is 16.3. The van der Waals surface area contributed by atoms with Crippen molar-refractivity contribution in [2.45, 2.75) is 80.6 Å². The second kappa shape index (κ2) is 17.1. The zero-order valence-corrected chi connectivity index (χ0v) is 34.0. The van der Waals surface area contributed by atoms with Gasteiger partial charge < -0.3 is 65.0 Å². The van der Waals surface area contributed by atoms with Gasteiger partial charge in [-0.2, -0.15) is 9.98 Å². The van der Waals surface area contributed by atoms with Crippen molar-refractivity contribution in [1.29, 1.82) is 0 Å². The first-order valence-corrected chi connectivity index (χ1v) is 20.7. The summed E-state index contributed by atoms with van der Waals surface area (Å²) in [4.78, 5) is 68.3. The Balaban J connectivity index is 1.34. The Morgan fingerprint density at radius 3 is 2.61 bits per heavy atom. The first-order valence-electron chi connectivity index (χ1n) is 20.7. The average molecular weight is 878 g/mol. The van der Waals surface area contributed by atoms with E-state index >= 15 is 0 Å². The number of anilines is 1. The molecule has 3 aromatic carbocycles. The van der Waals surface area contributed by atoms with Gasteiger partial charge >= 0.3 is 5.91 Å². The number of hydrogen-bond donors (Lipinski definition) is 7. The summed E-state index contributed by atoms with van der Waals surface area (Å²) in [5.74, 6) is 0.815. The molecule has 64 heavy (non-hydrogen) atoms. The standard InChI is InChI=1S/C45H43N5O14/c46-44-48-41-34(42(59)49-44)47-20-50(41)30-6-2-1-5-26(30)32-22-8-9-23(53)4-3-12-45(60)31(19-61-17-22)63-43(37(57)40(45)58)64-38-29(32)15-28-33(39(38)62-18-24(54)11-13-51)36(56)27-14-21(16-52)7-10-25(27)35(28)55/h1-2,5-7,10,13-15,22-24,31-32,37,40,43,52-54,57-58,60H,4,8-9,11,16-20H2,(H2,46,49,59)/t22-,23-,24+,31-,32-,37-,40-,43+,45-/m0/s1. The van der Waals surface area contributed by atoms with Gasteiger partial charge in [-0.05, 0) is 54.2 Å². The third kappa shape index (κ3) is 7.37. The van der Waals surface area contributed by atoms with Crippen LogP contribution in [0.3, 0.4) is 0 Å². The van der Waals surface area contributed by atoms with Crippen LogP contribution < -0.4 is 20.1 Å². The number of hydrogen-bond acceptors (Lipinski definition) is 18. The third-order valence-electron chi connectivity index (χ3n) is 12.3. The van der Waals surface area contributed by atoms with Gasteiger partial charge in [-0.3, -0.25) is 19.4 Å². The van der Waals surface area contributed by atoms with Crippen LogP contribution in [0.4, 0.5) is 5.69 Å². The van der Waals surface area contributed by atoms with Crippen molar-refractivity contribution in [2.75, 3.05) is 31.4 Å². The summed E-state index contributed by atoms with van der Waals surface area (Å²) in [6, 6.07) is 12.8. The number of carbonyl (C=O) groups excluding carboxylic acids is 4. The van der Waals surface area contributed by atoms with Crippen molar-refractivity contribution in [1.82, 2.24) is 0 Å². The van der Waals surface area contributed by atoms with Crippen LogP contribution in [-0.4, -0.2) is 141 Å². The number of nitrogens with two attached hydrogens (primary N) is 1. The summed E-state index contributed by atoms with van der Waals surface area (Å²) in [5.41, 5.74) is 4.47. The molecule has 0 spiro atoms. The molecule has 8 N–H and O–H groups in total. The number of nitrogens with zero attached hydrogens (tertiary/aromatic N) is 4. The molecule has 1 fully saturated rings. The van der Waals surface area contributed by atoms with E-state index in [2.05, 4.69) is 26.8 Å². The number of rotatable bonds is 8. The highest BCUT2D eigenvalue weighted by Gasteiger charge is 2.56. The monoisotopic (exact) mass is 877 g/mol. The number of carbonyl (C=O) groups is 4. The minimum Gasteiger partial charge on any atom is -0.486 e. The maximum absolute atomic E-state index is 14.8. The van der Waals surface area contributed by atoms with Crippen LogP contribution in [0.15, 0.2) is 63.5 Å². The molecule has 3 bridgehead atoms. The Kier molecular flexibility index (Phi) is 11.5. The molecule has 3 aromatic rings. The minimum absolute atomic E-state index is 0.0229. The normalized spacial score (nSPS) is 28.9. The van der Waals surface area contributed by atoms with E-state index < -0.39 is 84.9 Å². The highest BCUT2D eigenvalue weighted by molar-refractivity contribution is 6.72. The van der Waals surface area contributed by atoms with Crippen molar-refractivity contribution in [3.8, 4) is 23.3 Å². The molecule has 9 atom stereocenters. The number of amides is 1. The van der Waals surface area contributed by atoms with E-state index in [1.54, 1.807) is 29.2 Å². The van der Waals surface area contributed by atoms with Gasteiger partial charge in [0, 0.05) is 46.7 Å². The fourth-order valence-corrected chi connectivity index (χ4v) is 9.08. The van der Waals surface area contributed by atoms with Gasteiger partial charge in [-0.15, -0.1) is 0 Å². The van der Waals surface area contributed by atoms with Gasteiger partial charge in [0.05, 0.1) is 37.6 Å². The first kappa shape index (κ1) is 43.1. The number of fused-ring (bicyclic) bond motifs is 8. The predicted molar refractivity (Wildman–Crippen MR) is 223 cm³/mol. The maximum Gasteiger partial charge on any atom is 0.302 e. The summed E-state index contributed by atoms with van der Waals surface area (Å²) >= 11 is 0. The number of ketones is 2. The number of para-hydroxylation sites is 1. The fraction of sp³-hybridized carbons (Fsp3) is 0.400. The average Bonchev–Trinajstić information content (AvgIpc) is 3.70. The maximum atomic E-state index is 14.8. The van der Waals surface area contributed by atoms with Crippen molar-refractivity contribution < 1.29 is 68.8 Å². The molecule has 0 radical (unpaired) electrons. The number of guanidine groups is 1. The summed E-state index contributed by atoms with van der Waals surface area (Å²) in [6.07, 6.45) is -9.55. The molecule has 1 saturated heterocycles.